The number of nitrogens with one attached hydrogen (secondary N) is 1. The Morgan fingerprint density at radius 2 is 2.04 bits per heavy atom. The topological polar surface area (TPSA) is 77.0 Å². The summed E-state index contributed by atoms with van der Waals surface area (Å²) in [5, 5.41) is 0.316. The molecule has 0 fully saturated rings. The van der Waals surface area contributed by atoms with E-state index >= 15 is 0 Å². The molecule has 122 valence electrons. The van der Waals surface area contributed by atoms with Crippen molar-refractivity contribution < 1.29 is 9.53 Å². The summed E-state index contributed by atoms with van der Waals surface area (Å²) in [5.74, 6) is 0. The fraction of sp³-hybridized carbons (Fsp3) is 0.176. The fourth-order valence-corrected chi connectivity index (χ4v) is 2.76. The second-order valence-electron chi connectivity index (χ2n) is 5.18. The predicted octanol–water partition coefficient (Wildman–Crippen LogP) is 3.43. The molecule has 3 aromatic rings. The summed E-state index contributed by atoms with van der Waals surface area (Å²) in [6, 6.07) is 11.4. The number of rotatable bonds is 2. The van der Waals surface area contributed by atoms with Crippen molar-refractivity contribution in [2.75, 3.05) is 6.61 Å². The molecule has 3 rings (SSSR count). The normalized spacial score (nSPS) is 10.8. The highest BCUT2D eigenvalue weighted by Crippen LogP contribution is 2.21. The first kappa shape index (κ1) is 16.1. The largest absolute Gasteiger partial charge is 0.449 e. The minimum Gasteiger partial charge on any atom is -0.449 e. The van der Waals surface area contributed by atoms with Gasteiger partial charge in [-0.3, -0.25) is 4.79 Å². The Kier molecular flexibility index (Phi) is 4.26. The molecule has 0 saturated heterocycles. The Labute approximate surface area is 142 Å². The van der Waals surface area contributed by atoms with Crippen LogP contribution in [0.25, 0.3) is 22.3 Å². The maximum absolute atomic E-state index is 12.7. The first-order valence-electron chi connectivity index (χ1n) is 7.42. The third-order valence-electron chi connectivity index (χ3n) is 3.58. The number of H-pyrrole nitrogens is 1. The second kappa shape index (κ2) is 6.37. The monoisotopic (exact) mass is 341 g/mol. The third-order valence-corrected chi connectivity index (χ3v) is 3.87. The number of hydrogen-bond donors (Lipinski definition) is 1. The molecule has 0 spiro atoms. The van der Waals surface area contributed by atoms with Gasteiger partial charge in [-0.25, -0.2) is 9.78 Å². The zero-order valence-corrected chi connectivity index (χ0v) is 14.0. The maximum Gasteiger partial charge on any atom is 0.423 e. The Morgan fingerprint density at radius 1 is 1.33 bits per heavy atom. The van der Waals surface area contributed by atoms with Gasteiger partial charge in [-0.05, 0) is 37.7 Å². The van der Waals surface area contributed by atoms with E-state index in [1.165, 1.54) is 0 Å². The predicted molar refractivity (Wildman–Crippen MR) is 93.8 cm³/mol. The van der Waals surface area contributed by atoms with Crippen LogP contribution >= 0.6 is 12.2 Å². The van der Waals surface area contributed by atoms with Crippen LogP contribution in [0, 0.1) is 11.7 Å². The van der Waals surface area contributed by atoms with Crippen molar-refractivity contribution in [3.8, 4) is 11.3 Å². The highest BCUT2D eigenvalue weighted by Gasteiger charge is 2.16. The zero-order valence-electron chi connectivity index (χ0n) is 13.2. The number of hydrogen-bond acceptors (Lipinski definition) is 5. The highest BCUT2D eigenvalue weighted by molar-refractivity contribution is 7.71. The summed E-state index contributed by atoms with van der Waals surface area (Å²) in [5.41, 5.74) is 2.17. The Morgan fingerprint density at radius 3 is 2.71 bits per heavy atom. The van der Waals surface area contributed by atoms with Crippen molar-refractivity contribution in [2.24, 2.45) is 0 Å². The molecule has 0 atom stereocenters. The van der Waals surface area contributed by atoms with Gasteiger partial charge in [-0.2, -0.15) is 4.57 Å². The number of aromatic nitrogens is 3. The van der Waals surface area contributed by atoms with Crippen LogP contribution in [0.4, 0.5) is 4.79 Å². The van der Waals surface area contributed by atoms with Gasteiger partial charge in [-0.1, -0.05) is 30.3 Å². The lowest BCUT2D eigenvalue weighted by Crippen LogP contribution is -2.30. The number of ether oxygens (including phenoxy) is 1. The number of aryl methyl sites for hydroxylation is 1. The van der Waals surface area contributed by atoms with Gasteiger partial charge in [0, 0.05) is 5.56 Å². The van der Waals surface area contributed by atoms with Gasteiger partial charge >= 0.3 is 6.09 Å². The molecule has 2 heterocycles. The van der Waals surface area contributed by atoms with Crippen molar-refractivity contribution in [3.05, 3.63) is 57.1 Å². The molecule has 0 amide bonds. The average molecular weight is 341 g/mol. The summed E-state index contributed by atoms with van der Waals surface area (Å²) < 4.78 is 5.67. The van der Waals surface area contributed by atoms with Crippen molar-refractivity contribution >= 4 is 29.3 Å². The van der Waals surface area contributed by atoms with Crippen molar-refractivity contribution in [3.63, 3.8) is 0 Å². The molecule has 0 unspecified atom stereocenters. The van der Waals surface area contributed by atoms with Gasteiger partial charge in [0.05, 0.1) is 17.7 Å². The van der Waals surface area contributed by atoms with Crippen molar-refractivity contribution in [1.29, 1.82) is 0 Å². The molecule has 0 saturated carbocycles. The quantitative estimate of drug-likeness (QED) is 0.723. The molecule has 0 aliphatic carbocycles. The molecular formula is C17H15N3O3S. The molecular weight excluding hydrogens is 326 g/mol. The third kappa shape index (κ3) is 2.74. The lowest BCUT2D eigenvalue weighted by molar-refractivity contribution is 0.152. The van der Waals surface area contributed by atoms with Gasteiger partial charge < -0.3 is 9.72 Å². The van der Waals surface area contributed by atoms with E-state index in [2.05, 4.69) is 9.97 Å². The number of aromatic amines is 1. The van der Waals surface area contributed by atoms with Crippen LogP contribution in [0.1, 0.15) is 12.5 Å². The lowest BCUT2D eigenvalue weighted by Gasteiger charge is -2.09. The molecule has 1 aromatic carbocycles. The van der Waals surface area contributed by atoms with Gasteiger partial charge in [0.25, 0.3) is 5.56 Å². The van der Waals surface area contributed by atoms with E-state index in [0.29, 0.717) is 16.6 Å². The number of pyridine rings is 1. The van der Waals surface area contributed by atoms with Crippen LogP contribution in [0.5, 0.6) is 0 Å². The molecule has 1 N–H and O–H groups in total. The molecule has 7 heteroatoms. The van der Waals surface area contributed by atoms with Crippen LogP contribution in [0.3, 0.4) is 0 Å². The van der Waals surface area contributed by atoms with Crippen LogP contribution in [0.15, 0.2) is 41.2 Å². The number of benzene rings is 1. The van der Waals surface area contributed by atoms with Crippen molar-refractivity contribution in [1.82, 2.24) is 14.5 Å². The molecule has 0 bridgehead atoms. The summed E-state index contributed by atoms with van der Waals surface area (Å²) in [4.78, 5) is 32.0. The Bertz CT molecular complexity index is 1040. The molecule has 0 aliphatic rings. The highest BCUT2D eigenvalue weighted by atomic mass is 32.1. The Balaban J connectivity index is 2.28. The summed E-state index contributed by atoms with van der Waals surface area (Å²) >= 11 is 5.13. The minimum absolute atomic E-state index is 0.0388. The molecule has 2 aromatic heterocycles. The van der Waals surface area contributed by atoms with Crippen LogP contribution in [-0.4, -0.2) is 27.2 Å². The number of fused-ring (bicyclic) bond motifs is 1. The van der Waals surface area contributed by atoms with Gasteiger partial charge in [0.1, 0.15) is 5.65 Å². The number of nitrogens with zero attached hydrogens (tertiary/aromatic N) is 2. The number of carbonyl (C=O) groups is 1. The van der Waals surface area contributed by atoms with E-state index in [-0.39, 0.29) is 11.4 Å². The Hall–Kier alpha value is -2.80. The smallest absolute Gasteiger partial charge is 0.423 e. The zero-order chi connectivity index (χ0) is 17.3. The van der Waals surface area contributed by atoms with Crippen molar-refractivity contribution in [2.45, 2.75) is 13.8 Å². The van der Waals surface area contributed by atoms with E-state index in [0.717, 1.165) is 15.8 Å². The van der Waals surface area contributed by atoms with E-state index in [4.69, 9.17) is 17.0 Å². The van der Waals surface area contributed by atoms with Gasteiger partial charge in [0.2, 0.25) is 0 Å². The van der Waals surface area contributed by atoms with Crippen LogP contribution < -0.4 is 5.56 Å². The maximum atomic E-state index is 12.7. The lowest BCUT2D eigenvalue weighted by atomic mass is 10.1. The first-order valence-corrected chi connectivity index (χ1v) is 7.83. The second-order valence-corrected chi connectivity index (χ2v) is 5.57. The molecule has 0 radical (unpaired) electrons. The van der Waals surface area contributed by atoms with E-state index in [1.807, 2.05) is 36.4 Å². The SMILES string of the molecule is CCOC(=O)n1c(=S)[nH]c2nc(-c3ccccc3)cc(C)c2c1=O. The minimum atomic E-state index is -0.794. The van der Waals surface area contributed by atoms with E-state index in [1.54, 1.807) is 13.8 Å². The van der Waals surface area contributed by atoms with E-state index < -0.39 is 11.7 Å². The van der Waals surface area contributed by atoms with E-state index in [9.17, 15) is 9.59 Å². The fourth-order valence-electron chi connectivity index (χ4n) is 2.50. The molecule has 6 nitrogen and oxygen atoms in total. The average Bonchev–Trinajstić information content (AvgIpc) is 2.55. The molecule has 0 aliphatic heterocycles. The number of carbonyl (C=O) groups excluding carboxylic acids is 1. The first-order chi connectivity index (χ1) is 11.5. The summed E-state index contributed by atoms with van der Waals surface area (Å²) in [6.07, 6.45) is -0.794. The molecule has 24 heavy (non-hydrogen) atoms. The standard InChI is InChI=1S/C17H15N3O3S/c1-3-23-17(22)20-15(21)13-10(2)9-12(11-7-5-4-6-8-11)18-14(13)19-16(20)24/h4-9H,3H2,1-2H3,(H,18,19,24). The van der Waals surface area contributed by atoms with Crippen LogP contribution in [-0.2, 0) is 4.74 Å². The van der Waals surface area contributed by atoms with Gasteiger partial charge in [-0.15, -0.1) is 0 Å². The summed E-state index contributed by atoms with van der Waals surface area (Å²) in [6.45, 7) is 3.61. The van der Waals surface area contributed by atoms with Crippen LogP contribution in [0.2, 0.25) is 0 Å². The van der Waals surface area contributed by atoms with Gasteiger partial charge in [0.15, 0.2) is 4.77 Å². The summed E-state index contributed by atoms with van der Waals surface area (Å²) in [7, 11) is 0.